The Labute approximate surface area is 247 Å². The third-order valence-electron chi connectivity index (χ3n) is 7.95. The van der Waals surface area contributed by atoms with Gasteiger partial charge in [0.25, 0.3) is 0 Å². The zero-order chi connectivity index (χ0) is 27.8. The third-order valence-corrected chi connectivity index (χ3v) is 9.42. The van der Waals surface area contributed by atoms with Gasteiger partial charge in [0.2, 0.25) is 0 Å². The van der Waals surface area contributed by atoms with E-state index < -0.39 is 0 Å². The van der Waals surface area contributed by atoms with Crippen LogP contribution in [0, 0.1) is 5.82 Å². The Kier molecular flexibility index (Phi) is 7.33. The van der Waals surface area contributed by atoms with E-state index in [0.29, 0.717) is 10.8 Å². The van der Waals surface area contributed by atoms with Crippen LogP contribution >= 0.6 is 22.9 Å². The van der Waals surface area contributed by atoms with Crippen LogP contribution in [-0.2, 0) is 26.0 Å². The molecule has 1 aliphatic carbocycles. The molecule has 0 spiro atoms. The maximum Gasteiger partial charge on any atom is 0.142 e. The monoisotopic (exact) mass is 588 g/mol. The third kappa shape index (κ3) is 5.41. The summed E-state index contributed by atoms with van der Waals surface area (Å²) >= 11 is 8.27. The molecule has 5 aromatic rings. The minimum Gasteiger partial charge on any atom is -0.487 e. The molecule has 41 heavy (non-hydrogen) atoms. The number of nitrogens with one attached hydrogen (secondary N) is 1. The van der Waals surface area contributed by atoms with Crippen LogP contribution < -0.4 is 10.1 Å². The summed E-state index contributed by atoms with van der Waals surface area (Å²) in [6, 6.07) is 11.9. The van der Waals surface area contributed by atoms with E-state index in [-0.39, 0.29) is 12.4 Å². The molecule has 1 fully saturated rings. The molecule has 0 unspecified atom stereocenters. The smallest absolute Gasteiger partial charge is 0.142 e. The van der Waals surface area contributed by atoms with Crippen molar-refractivity contribution in [1.82, 2.24) is 24.6 Å². The number of hydrogen-bond acceptors (Lipinski definition) is 7. The van der Waals surface area contributed by atoms with Crippen molar-refractivity contribution in [3.63, 3.8) is 0 Å². The van der Waals surface area contributed by atoms with Crippen molar-refractivity contribution in [2.45, 2.75) is 45.3 Å². The first-order chi connectivity index (χ1) is 20.1. The summed E-state index contributed by atoms with van der Waals surface area (Å²) < 4.78 is 21.5. The highest BCUT2D eigenvalue weighted by Crippen LogP contribution is 2.45. The number of hydrogen-bond donors (Lipinski definition) is 1. The van der Waals surface area contributed by atoms with Crippen LogP contribution in [0.1, 0.15) is 36.1 Å². The minimum atomic E-state index is -0.290. The number of halogens is 2. The fourth-order valence-electron chi connectivity index (χ4n) is 5.88. The van der Waals surface area contributed by atoms with Gasteiger partial charge in [0.1, 0.15) is 35.1 Å². The number of anilines is 2. The Morgan fingerprint density at radius 1 is 1.02 bits per heavy atom. The number of piperidine rings is 1. The molecule has 210 valence electrons. The van der Waals surface area contributed by atoms with E-state index in [0.717, 1.165) is 53.2 Å². The van der Waals surface area contributed by atoms with Crippen LogP contribution in [0.3, 0.4) is 0 Å². The fraction of sp³-hybridized carbons (Fsp3) is 0.323. The summed E-state index contributed by atoms with van der Waals surface area (Å²) in [4.78, 5) is 14.0. The fourth-order valence-corrected chi connectivity index (χ4v) is 7.34. The van der Waals surface area contributed by atoms with Crippen molar-refractivity contribution in [2.24, 2.45) is 0 Å². The van der Waals surface area contributed by atoms with Crippen LogP contribution in [0.15, 0.2) is 55.0 Å². The lowest BCUT2D eigenvalue weighted by molar-refractivity contribution is 0.217. The van der Waals surface area contributed by atoms with Crippen LogP contribution in [0.25, 0.3) is 20.7 Å². The van der Waals surface area contributed by atoms with E-state index in [9.17, 15) is 4.39 Å². The van der Waals surface area contributed by atoms with Gasteiger partial charge >= 0.3 is 0 Å². The quantitative estimate of drug-likeness (QED) is 0.206. The van der Waals surface area contributed by atoms with Gasteiger partial charge in [-0.25, -0.2) is 14.4 Å². The molecule has 1 aliphatic heterocycles. The zero-order valence-corrected chi connectivity index (χ0v) is 24.1. The number of fused-ring (bicyclic) bond motifs is 5. The second-order valence-electron chi connectivity index (χ2n) is 10.6. The van der Waals surface area contributed by atoms with Crippen molar-refractivity contribution in [1.29, 1.82) is 0 Å². The molecule has 2 aromatic carbocycles. The molecule has 7 rings (SSSR count). The summed E-state index contributed by atoms with van der Waals surface area (Å²) in [7, 11) is 0. The molecule has 0 radical (unpaired) electrons. The first-order valence-corrected chi connectivity index (χ1v) is 15.3. The van der Waals surface area contributed by atoms with Gasteiger partial charge in [-0.1, -0.05) is 30.2 Å². The number of likely N-dealkylation sites (tertiary alicyclic amines) is 1. The Morgan fingerprint density at radius 3 is 2.78 bits per heavy atom. The van der Waals surface area contributed by atoms with Crippen LogP contribution in [0.2, 0.25) is 5.02 Å². The highest BCUT2D eigenvalue weighted by molar-refractivity contribution is 7.22. The standard InChI is InChI=1S/C31H30ClFN6OS/c32-25-16-22(7-10-27(25)40-18-20-5-4-6-21(33)15-20)37-30-28-23-8-9-26-24(29(23)41-31(28)35-19-34-30)17-36-39(26)14-13-38-11-2-1-3-12-38/h4-7,10,15-17,19H,1-3,8-9,11-14,18H2,(H,34,35,37). The highest BCUT2D eigenvalue weighted by Gasteiger charge is 2.27. The Bertz CT molecular complexity index is 1710. The first-order valence-electron chi connectivity index (χ1n) is 14.1. The number of ether oxygens (including phenoxy) is 1. The highest BCUT2D eigenvalue weighted by atomic mass is 35.5. The first kappa shape index (κ1) is 26.4. The molecule has 2 aliphatic rings. The van der Waals surface area contributed by atoms with Gasteiger partial charge < -0.3 is 15.0 Å². The SMILES string of the molecule is Fc1cccc(COc2ccc(Nc3ncnc4sc5c(c34)CCc3c-5cnn3CCN3CCCCC3)cc2Cl)c1. The summed E-state index contributed by atoms with van der Waals surface area (Å²) in [6.45, 7) is 4.63. The molecule has 1 N–H and O–H groups in total. The second-order valence-corrected chi connectivity index (χ2v) is 12.0. The van der Waals surface area contributed by atoms with Gasteiger partial charge in [-0.05, 0) is 80.2 Å². The van der Waals surface area contributed by atoms with Crippen LogP contribution in [-0.4, -0.2) is 44.3 Å². The number of aryl methyl sites for hydroxylation is 1. The van der Waals surface area contributed by atoms with E-state index in [1.165, 1.54) is 66.2 Å². The largest absolute Gasteiger partial charge is 0.487 e. The molecule has 0 amide bonds. The number of benzene rings is 2. The lowest BCUT2D eigenvalue weighted by atomic mass is 9.95. The average molecular weight is 589 g/mol. The van der Waals surface area contributed by atoms with E-state index >= 15 is 0 Å². The van der Waals surface area contributed by atoms with E-state index in [4.69, 9.17) is 21.4 Å². The average Bonchev–Trinajstić information content (AvgIpc) is 3.58. The van der Waals surface area contributed by atoms with Gasteiger partial charge in [0.05, 0.1) is 23.2 Å². The molecule has 0 atom stereocenters. The summed E-state index contributed by atoms with van der Waals surface area (Å²) in [5.41, 5.74) is 5.36. The summed E-state index contributed by atoms with van der Waals surface area (Å²) in [5.74, 6) is 1.01. The summed E-state index contributed by atoms with van der Waals surface area (Å²) in [6.07, 6.45) is 9.47. The maximum absolute atomic E-state index is 13.5. The molecule has 4 heterocycles. The van der Waals surface area contributed by atoms with Crippen molar-refractivity contribution < 1.29 is 9.13 Å². The van der Waals surface area contributed by atoms with E-state index in [1.54, 1.807) is 23.7 Å². The van der Waals surface area contributed by atoms with E-state index in [2.05, 4.69) is 24.9 Å². The minimum absolute atomic E-state index is 0.231. The van der Waals surface area contributed by atoms with Crippen molar-refractivity contribution in [3.8, 4) is 16.2 Å². The van der Waals surface area contributed by atoms with Crippen LogP contribution in [0.5, 0.6) is 5.75 Å². The van der Waals surface area contributed by atoms with Gasteiger partial charge in [0.15, 0.2) is 0 Å². The molecule has 10 heteroatoms. The van der Waals surface area contributed by atoms with Gasteiger partial charge in [-0.15, -0.1) is 11.3 Å². The van der Waals surface area contributed by atoms with Gasteiger partial charge in [-0.3, -0.25) is 4.68 Å². The number of thiophene rings is 1. The van der Waals surface area contributed by atoms with Crippen molar-refractivity contribution >= 4 is 44.7 Å². The molecule has 3 aromatic heterocycles. The number of aromatic nitrogens is 4. The number of nitrogens with zero attached hydrogens (tertiary/aromatic N) is 5. The van der Waals surface area contributed by atoms with Crippen molar-refractivity contribution in [3.05, 3.63) is 82.6 Å². The Hall–Kier alpha value is -3.53. The Balaban J connectivity index is 1.10. The van der Waals surface area contributed by atoms with E-state index in [1.807, 2.05) is 30.5 Å². The second kappa shape index (κ2) is 11.4. The molecule has 1 saturated heterocycles. The molecular weight excluding hydrogens is 559 g/mol. The summed E-state index contributed by atoms with van der Waals surface area (Å²) in [5, 5.41) is 9.78. The Morgan fingerprint density at radius 2 is 1.93 bits per heavy atom. The lowest BCUT2D eigenvalue weighted by Crippen LogP contribution is -2.33. The topological polar surface area (TPSA) is 68.1 Å². The molecule has 7 nitrogen and oxygen atoms in total. The van der Waals surface area contributed by atoms with Gasteiger partial charge in [0, 0.05) is 28.4 Å². The predicted octanol–water partition coefficient (Wildman–Crippen LogP) is 7.25. The lowest BCUT2D eigenvalue weighted by Gasteiger charge is -2.26. The normalized spacial score (nSPS) is 15.1. The van der Waals surface area contributed by atoms with Crippen LogP contribution in [0.4, 0.5) is 15.9 Å². The van der Waals surface area contributed by atoms with Crippen molar-refractivity contribution in [2.75, 3.05) is 25.0 Å². The van der Waals surface area contributed by atoms with Gasteiger partial charge in [-0.2, -0.15) is 5.10 Å². The molecule has 0 bridgehead atoms. The molecular formula is C31H30ClFN6OS. The maximum atomic E-state index is 13.5. The zero-order valence-electron chi connectivity index (χ0n) is 22.6. The predicted molar refractivity (Wildman–Crippen MR) is 162 cm³/mol. The molecule has 0 saturated carbocycles. The number of rotatable bonds is 8.